The van der Waals surface area contributed by atoms with Crippen LogP contribution in [-0.4, -0.2) is 11.4 Å². The molecule has 0 aromatic carbocycles. The molecule has 0 aromatic heterocycles. The highest BCUT2D eigenvalue weighted by Crippen LogP contribution is 2.63. The fourth-order valence-electron chi connectivity index (χ4n) is 4.57. The molecule has 2 N–H and O–H groups in total. The molecule has 4 aliphatic carbocycles. The fourth-order valence-corrected chi connectivity index (χ4v) is 5.29. The van der Waals surface area contributed by atoms with Gasteiger partial charge in [-0.2, -0.15) is 0 Å². The molecular weight excluding hydrogens is 217 g/mol. The van der Waals surface area contributed by atoms with Gasteiger partial charge in [0.1, 0.15) is 0 Å². The number of alkyl halides is 1. The highest BCUT2D eigenvalue weighted by molar-refractivity contribution is 6.24. The van der Waals surface area contributed by atoms with Crippen molar-refractivity contribution in [1.82, 2.24) is 0 Å². The summed E-state index contributed by atoms with van der Waals surface area (Å²) in [5, 5.41) is 0. The number of halogens is 2. The second-order valence-electron chi connectivity index (χ2n) is 5.82. The van der Waals surface area contributed by atoms with Crippen LogP contribution in [0.15, 0.2) is 0 Å². The van der Waals surface area contributed by atoms with Crippen molar-refractivity contribution in [3.8, 4) is 0 Å². The molecule has 4 rings (SSSR count). The van der Waals surface area contributed by atoms with Crippen molar-refractivity contribution in [2.45, 2.75) is 43.4 Å². The quantitative estimate of drug-likeness (QED) is 0.696. The lowest BCUT2D eigenvalue weighted by Gasteiger charge is -2.59. The molecule has 4 fully saturated rings. The molecule has 82 valence electrons. The van der Waals surface area contributed by atoms with Gasteiger partial charge in [-0.15, -0.1) is 24.0 Å². The zero-order chi connectivity index (χ0) is 9.10. The minimum atomic E-state index is 0. The summed E-state index contributed by atoms with van der Waals surface area (Å²) in [5.74, 6) is 1.81. The maximum Gasteiger partial charge on any atom is 0.0457 e. The Hall–Kier alpha value is 0.540. The molecule has 0 amide bonds. The predicted octanol–water partition coefficient (Wildman–Crippen LogP) is 2.94. The van der Waals surface area contributed by atoms with Gasteiger partial charge in [0.15, 0.2) is 0 Å². The zero-order valence-corrected chi connectivity index (χ0v) is 10.0. The van der Waals surface area contributed by atoms with Gasteiger partial charge in [0.25, 0.3) is 0 Å². The Labute approximate surface area is 97.2 Å². The van der Waals surface area contributed by atoms with Crippen molar-refractivity contribution >= 4 is 24.0 Å². The van der Waals surface area contributed by atoms with Gasteiger partial charge in [-0.25, -0.2) is 0 Å². The largest absolute Gasteiger partial charge is 0.330 e. The van der Waals surface area contributed by atoms with Gasteiger partial charge in [-0.05, 0) is 62.3 Å². The van der Waals surface area contributed by atoms with Gasteiger partial charge >= 0.3 is 0 Å². The van der Waals surface area contributed by atoms with Crippen LogP contribution in [0.3, 0.4) is 0 Å². The van der Waals surface area contributed by atoms with Crippen LogP contribution in [0.5, 0.6) is 0 Å². The summed E-state index contributed by atoms with van der Waals surface area (Å²) in [6.07, 6.45) is 7.92. The normalized spacial score (nSPS) is 54.4. The topological polar surface area (TPSA) is 26.0 Å². The highest BCUT2D eigenvalue weighted by Gasteiger charge is 2.56. The molecule has 3 heteroatoms. The summed E-state index contributed by atoms with van der Waals surface area (Å²) < 4.78 is 0. The SMILES string of the molecule is Cl.NCC12C[C@@H]3C[C@@H](CC(Cl)(C3)C1)C2. The first-order chi connectivity index (χ1) is 6.13. The summed E-state index contributed by atoms with van der Waals surface area (Å²) in [4.78, 5) is 0.156. The molecule has 4 aliphatic rings. The molecule has 0 saturated heterocycles. The Morgan fingerprint density at radius 1 is 1.14 bits per heavy atom. The third kappa shape index (κ3) is 1.48. The first-order valence-electron chi connectivity index (χ1n) is 5.52. The van der Waals surface area contributed by atoms with E-state index < -0.39 is 0 Å². The zero-order valence-electron chi connectivity index (χ0n) is 8.47. The van der Waals surface area contributed by atoms with E-state index in [2.05, 4.69) is 0 Å². The highest BCUT2D eigenvalue weighted by atomic mass is 35.5. The van der Waals surface area contributed by atoms with Crippen molar-refractivity contribution < 1.29 is 0 Å². The van der Waals surface area contributed by atoms with E-state index in [4.69, 9.17) is 17.3 Å². The first kappa shape index (κ1) is 11.0. The van der Waals surface area contributed by atoms with E-state index in [0.29, 0.717) is 5.41 Å². The van der Waals surface area contributed by atoms with E-state index in [9.17, 15) is 0 Å². The second-order valence-corrected chi connectivity index (χ2v) is 6.62. The van der Waals surface area contributed by atoms with E-state index in [0.717, 1.165) is 18.4 Å². The average Bonchev–Trinajstić information content (AvgIpc) is 1.99. The monoisotopic (exact) mass is 235 g/mol. The molecular formula is C11H19Cl2N. The van der Waals surface area contributed by atoms with Crippen LogP contribution in [0.25, 0.3) is 0 Å². The van der Waals surface area contributed by atoms with E-state index in [-0.39, 0.29) is 17.3 Å². The number of nitrogens with two attached hydrogens (primary N) is 1. The molecule has 0 radical (unpaired) electrons. The summed E-state index contributed by atoms with van der Waals surface area (Å²) >= 11 is 6.64. The Kier molecular flexibility index (Phi) is 2.57. The Balaban J connectivity index is 0.000000750. The Morgan fingerprint density at radius 2 is 1.71 bits per heavy atom. The summed E-state index contributed by atoms with van der Waals surface area (Å²) in [6.45, 7) is 0.870. The van der Waals surface area contributed by atoms with Crippen molar-refractivity contribution in [2.75, 3.05) is 6.54 Å². The molecule has 4 saturated carbocycles. The van der Waals surface area contributed by atoms with Gasteiger partial charge in [-0.1, -0.05) is 0 Å². The number of hydrogen-bond acceptors (Lipinski definition) is 1. The molecule has 0 spiro atoms. The van der Waals surface area contributed by atoms with Gasteiger partial charge in [-0.3, -0.25) is 0 Å². The summed E-state index contributed by atoms with van der Waals surface area (Å²) in [5.41, 5.74) is 6.38. The standard InChI is InChI=1S/C11H18ClN.ClH/c12-11-4-8-1-9(5-11)3-10(2-8,6-11)7-13;/h8-9H,1-7,13H2;1H/t8-,9+,10?,11?;. The van der Waals surface area contributed by atoms with Crippen LogP contribution in [0.1, 0.15) is 38.5 Å². The van der Waals surface area contributed by atoms with Gasteiger partial charge < -0.3 is 5.73 Å². The van der Waals surface area contributed by atoms with Crippen LogP contribution in [0.2, 0.25) is 0 Å². The van der Waals surface area contributed by atoms with Crippen molar-refractivity contribution in [3.63, 3.8) is 0 Å². The third-order valence-corrected chi connectivity index (χ3v) is 4.99. The molecule has 4 atom stereocenters. The lowest BCUT2D eigenvalue weighted by atomic mass is 9.49. The summed E-state index contributed by atoms with van der Waals surface area (Å²) in [7, 11) is 0. The first-order valence-corrected chi connectivity index (χ1v) is 5.90. The smallest absolute Gasteiger partial charge is 0.0457 e. The molecule has 2 unspecified atom stereocenters. The number of rotatable bonds is 1. The van der Waals surface area contributed by atoms with Crippen LogP contribution >= 0.6 is 24.0 Å². The maximum atomic E-state index is 6.64. The van der Waals surface area contributed by atoms with Gasteiger partial charge in [0.05, 0.1) is 0 Å². The van der Waals surface area contributed by atoms with Crippen molar-refractivity contribution in [2.24, 2.45) is 23.0 Å². The number of hydrogen-bond donors (Lipinski definition) is 1. The Bertz CT molecular complexity index is 227. The van der Waals surface area contributed by atoms with Crippen molar-refractivity contribution in [3.05, 3.63) is 0 Å². The Morgan fingerprint density at radius 3 is 2.14 bits per heavy atom. The fraction of sp³-hybridized carbons (Fsp3) is 1.00. The average molecular weight is 236 g/mol. The van der Waals surface area contributed by atoms with Crippen LogP contribution < -0.4 is 5.73 Å². The minimum absolute atomic E-state index is 0. The molecule has 0 aromatic rings. The lowest BCUT2D eigenvalue weighted by molar-refractivity contribution is -0.0340. The van der Waals surface area contributed by atoms with Crippen molar-refractivity contribution in [1.29, 1.82) is 0 Å². The maximum absolute atomic E-state index is 6.64. The molecule has 0 aliphatic heterocycles. The lowest BCUT2D eigenvalue weighted by Crippen LogP contribution is -2.55. The van der Waals surface area contributed by atoms with Crippen LogP contribution in [0.4, 0.5) is 0 Å². The molecule has 14 heavy (non-hydrogen) atoms. The van der Waals surface area contributed by atoms with E-state index >= 15 is 0 Å². The summed E-state index contributed by atoms with van der Waals surface area (Å²) in [6, 6.07) is 0. The second kappa shape index (κ2) is 3.26. The van der Waals surface area contributed by atoms with E-state index in [1.807, 2.05) is 0 Å². The molecule has 1 nitrogen and oxygen atoms in total. The van der Waals surface area contributed by atoms with Gasteiger partial charge in [0.2, 0.25) is 0 Å². The minimum Gasteiger partial charge on any atom is -0.330 e. The van der Waals surface area contributed by atoms with Gasteiger partial charge in [0, 0.05) is 4.87 Å². The van der Waals surface area contributed by atoms with Crippen LogP contribution in [0, 0.1) is 17.3 Å². The van der Waals surface area contributed by atoms with E-state index in [1.165, 1.54) is 38.5 Å². The molecule has 4 bridgehead atoms. The van der Waals surface area contributed by atoms with Crippen LogP contribution in [-0.2, 0) is 0 Å². The predicted molar refractivity (Wildman–Crippen MR) is 62.0 cm³/mol. The van der Waals surface area contributed by atoms with E-state index in [1.54, 1.807) is 0 Å². The third-order valence-electron chi connectivity index (χ3n) is 4.54. The molecule has 0 heterocycles.